The topological polar surface area (TPSA) is 54.4 Å². The van der Waals surface area contributed by atoms with Gasteiger partial charge in [0.05, 0.1) is 6.42 Å². The second kappa shape index (κ2) is 5.97. The predicted molar refractivity (Wildman–Crippen MR) is 44.5 cm³/mol. The summed E-state index contributed by atoms with van der Waals surface area (Å²) in [4.78, 5) is 20.8. The van der Waals surface area contributed by atoms with Crippen molar-refractivity contribution in [1.29, 1.82) is 0 Å². The van der Waals surface area contributed by atoms with Crippen LogP contribution in [0, 0.1) is 0 Å². The summed E-state index contributed by atoms with van der Waals surface area (Å²) in [5.41, 5.74) is 0. The molecule has 0 spiro atoms. The molecule has 0 rings (SSSR count). The van der Waals surface area contributed by atoms with Gasteiger partial charge in [0.15, 0.2) is 5.12 Å². The van der Waals surface area contributed by atoms with Crippen molar-refractivity contribution in [2.45, 2.75) is 12.8 Å². The van der Waals surface area contributed by atoms with Crippen LogP contribution >= 0.6 is 11.8 Å². The van der Waals surface area contributed by atoms with Crippen LogP contribution in [0.25, 0.3) is 0 Å². The molecule has 4 heteroatoms. The third-order valence-electron chi connectivity index (χ3n) is 0.905. The van der Waals surface area contributed by atoms with E-state index in [4.69, 9.17) is 5.11 Å². The Morgan fingerprint density at radius 2 is 2.09 bits per heavy atom. The van der Waals surface area contributed by atoms with Gasteiger partial charge in [-0.1, -0.05) is 17.8 Å². The molecular weight excluding hydrogens is 164 g/mol. The fraction of sp³-hybridized carbons (Fsp3) is 0.429. The van der Waals surface area contributed by atoms with Gasteiger partial charge in [-0.25, -0.2) is 0 Å². The molecule has 0 aliphatic carbocycles. The molecule has 62 valence electrons. The van der Waals surface area contributed by atoms with Crippen molar-refractivity contribution in [3.63, 3.8) is 0 Å². The van der Waals surface area contributed by atoms with E-state index >= 15 is 0 Å². The number of carboxylic acids is 1. The summed E-state index contributed by atoms with van der Waals surface area (Å²) in [6.07, 6.45) is 1.64. The standard InChI is InChI=1S/C7H10O3S/c1-2-5-11-7(10)4-3-6(8)9/h2H,1,3-5H2,(H,8,9). The Hall–Kier alpha value is -0.770. The molecule has 11 heavy (non-hydrogen) atoms. The monoisotopic (exact) mass is 174 g/mol. The van der Waals surface area contributed by atoms with Crippen molar-refractivity contribution in [1.82, 2.24) is 0 Å². The van der Waals surface area contributed by atoms with Gasteiger partial charge >= 0.3 is 5.97 Å². The number of thioether (sulfide) groups is 1. The third kappa shape index (κ3) is 7.12. The summed E-state index contributed by atoms with van der Waals surface area (Å²) in [7, 11) is 0. The molecule has 0 radical (unpaired) electrons. The van der Waals surface area contributed by atoms with E-state index in [-0.39, 0.29) is 18.0 Å². The normalized spacial score (nSPS) is 9.09. The van der Waals surface area contributed by atoms with Crippen molar-refractivity contribution in [3.05, 3.63) is 12.7 Å². The molecule has 0 saturated heterocycles. The van der Waals surface area contributed by atoms with Gasteiger partial charge in [0.1, 0.15) is 0 Å². The van der Waals surface area contributed by atoms with Crippen LogP contribution in [-0.4, -0.2) is 21.9 Å². The van der Waals surface area contributed by atoms with Gasteiger partial charge in [-0.3, -0.25) is 9.59 Å². The fourth-order valence-electron chi connectivity index (χ4n) is 0.433. The van der Waals surface area contributed by atoms with Crippen LogP contribution in [0.2, 0.25) is 0 Å². The van der Waals surface area contributed by atoms with Crippen molar-refractivity contribution < 1.29 is 14.7 Å². The molecule has 0 unspecified atom stereocenters. The Kier molecular flexibility index (Phi) is 5.56. The molecule has 0 aliphatic rings. The predicted octanol–water partition coefficient (Wildman–Crippen LogP) is 1.30. The maximum absolute atomic E-state index is 10.8. The average Bonchev–Trinajstić information content (AvgIpc) is 1.97. The van der Waals surface area contributed by atoms with Crippen molar-refractivity contribution in [2.75, 3.05) is 5.75 Å². The van der Waals surface area contributed by atoms with Gasteiger partial charge in [0.2, 0.25) is 0 Å². The maximum atomic E-state index is 10.8. The maximum Gasteiger partial charge on any atom is 0.303 e. The number of carbonyl (C=O) groups excluding carboxylic acids is 1. The third-order valence-corrected chi connectivity index (χ3v) is 1.83. The van der Waals surface area contributed by atoms with E-state index in [9.17, 15) is 9.59 Å². The van der Waals surface area contributed by atoms with E-state index in [2.05, 4.69) is 6.58 Å². The molecule has 3 nitrogen and oxygen atoms in total. The molecule has 0 amide bonds. The summed E-state index contributed by atoms with van der Waals surface area (Å²) in [6, 6.07) is 0. The van der Waals surface area contributed by atoms with Gasteiger partial charge in [0, 0.05) is 12.2 Å². The first-order valence-electron chi connectivity index (χ1n) is 3.15. The van der Waals surface area contributed by atoms with Crippen LogP contribution in [0.3, 0.4) is 0 Å². The number of carbonyl (C=O) groups is 2. The Labute approximate surface area is 69.5 Å². The lowest BCUT2D eigenvalue weighted by Gasteiger charge is -1.93. The number of aliphatic carboxylic acids is 1. The van der Waals surface area contributed by atoms with E-state index in [1.807, 2.05) is 0 Å². The first-order chi connectivity index (χ1) is 5.16. The molecule has 0 heterocycles. The van der Waals surface area contributed by atoms with Crippen LogP contribution in [0.5, 0.6) is 0 Å². The van der Waals surface area contributed by atoms with Crippen LogP contribution in [0.4, 0.5) is 0 Å². The summed E-state index contributed by atoms with van der Waals surface area (Å²) in [6.45, 7) is 3.44. The smallest absolute Gasteiger partial charge is 0.303 e. The summed E-state index contributed by atoms with van der Waals surface area (Å²) in [5, 5.41) is 8.12. The highest BCUT2D eigenvalue weighted by Crippen LogP contribution is 2.06. The van der Waals surface area contributed by atoms with Crippen LogP contribution < -0.4 is 0 Å². The lowest BCUT2D eigenvalue weighted by Crippen LogP contribution is -1.99. The quantitative estimate of drug-likeness (QED) is 0.638. The molecule has 1 N–H and O–H groups in total. The molecule has 0 saturated carbocycles. The van der Waals surface area contributed by atoms with Crippen LogP contribution in [0.1, 0.15) is 12.8 Å². The molecule has 0 aromatic rings. The van der Waals surface area contributed by atoms with Gasteiger partial charge in [0.25, 0.3) is 0 Å². The molecule has 0 bridgehead atoms. The summed E-state index contributed by atoms with van der Waals surface area (Å²) >= 11 is 1.10. The van der Waals surface area contributed by atoms with E-state index in [0.717, 1.165) is 11.8 Å². The van der Waals surface area contributed by atoms with Gasteiger partial charge < -0.3 is 5.11 Å². The Morgan fingerprint density at radius 3 is 2.55 bits per heavy atom. The average molecular weight is 174 g/mol. The summed E-state index contributed by atoms with van der Waals surface area (Å²) in [5.74, 6) is -0.379. The second-order valence-electron chi connectivity index (χ2n) is 1.87. The molecule has 0 aromatic heterocycles. The highest BCUT2D eigenvalue weighted by molar-refractivity contribution is 8.13. The summed E-state index contributed by atoms with van der Waals surface area (Å²) < 4.78 is 0. The SMILES string of the molecule is C=CCSC(=O)CCC(=O)O. The molecule has 0 aliphatic heterocycles. The molecule has 0 aromatic carbocycles. The molecule has 0 atom stereocenters. The first-order valence-corrected chi connectivity index (χ1v) is 4.13. The Balaban J connectivity index is 3.37. The van der Waals surface area contributed by atoms with E-state index in [1.54, 1.807) is 6.08 Å². The number of rotatable bonds is 5. The molecule has 0 fully saturated rings. The van der Waals surface area contributed by atoms with Crippen molar-refractivity contribution in [3.8, 4) is 0 Å². The largest absolute Gasteiger partial charge is 0.481 e. The zero-order valence-electron chi connectivity index (χ0n) is 6.08. The van der Waals surface area contributed by atoms with Crippen molar-refractivity contribution >= 4 is 22.8 Å². The van der Waals surface area contributed by atoms with E-state index in [1.165, 1.54) is 0 Å². The fourth-order valence-corrected chi connectivity index (χ4v) is 0.983. The van der Waals surface area contributed by atoms with Gasteiger partial charge in [-0.15, -0.1) is 6.58 Å². The Morgan fingerprint density at radius 1 is 1.45 bits per heavy atom. The minimum Gasteiger partial charge on any atom is -0.481 e. The highest BCUT2D eigenvalue weighted by atomic mass is 32.2. The van der Waals surface area contributed by atoms with E-state index in [0.29, 0.717) is 5.75 Å². The Bertz CT molecular complexity index is 165. The first kappa shape index (κ1) is 10.2. The number of carboxylic acid groups (broad SMARTS) is 1. The zero-order valence-corrected chi connectivity index (χ0v) is 6.89. The highest BCUT2D eigenvalue weighted by Gasteiger charge is 2.04. The zero-order chi connectivity index (χ0) is 8.69. The molecular formula is C7H10O3S. The minimum absolute atomic E-state index is 0.0804. The minimum atomic E-state index is -0.933. The van der Waals surface area contributed by atoms with Gasteiger partial charge in [-0.2, -0.15) is 0 Å². The number of hydrogen-bond acceptors (Lipinski definition) is 3. The lowest BCUT2D eigenvalue weighted by atomic mass is 10.3. The lowest BCUT2D eigenvalue weighted by molar-refractivity contribution is -0.137. The van der Waals surface area contributed by atoms with Crippen LogP contribution in [0.15, 0.2) is 12.7 Å². The van der Waals surface area contributed by atoms with Crippen LogP contribution in [-0.2, 0) is 9.59 Å². The van der Waals surface area contributed by atoms with Crippen molar-refractivity contribution in [2.24, 2.45) is 0 Å². The second-order valence-corrected chi connectivity index (χ2v) is 2.94. The van der Waals surface area contributed by atoms with Gasteiger partial charge in [-0.05, 0) is 0 Å². The number of hydrogen-bond donors (Lipinski definition) is 1. The van der Waals surface area contributed by atoms with E-state index < -0.39 is 5.97 Å².